The highest BCUT2D eigenvalue weighted by Crippen LogP contribution is 2.23. The highest BCUT2D eigenvalue weighted by atomic mass is 79.9. The first-order chi connectivity index (χ1) is 8.56. The number of aromatic nitrogens is 1. The van der Waals surface area contributed by atoms with Gasteiger partial charge in [0.15, 0.2) is 0 Å². The zero-order valence-corrected chi connectivity index (χ0v) is 11.2. The van der Waals surface area contributed by atoms with E-state index in [1.54, 1.807) is 0 Å². The molecule has 0 spiro atoms. The molecule has 1 aromatic carbocycles. The molecule has 0 aliphatic rings. The van der Waals surface area contributed by atoms with Crippen molar-refractivity contribution in [2.45, 2.75) is 6.92 Å². The number of nitrogens with one attached hydrogen (secondary N) is 1. The fraction of sp³-hybridized carbons (Fsp3) is 0.0769. The van der Waals surface area contributed by atoms with Crippen molar-refractivity contribution >= 4 is 33.4 Å². The molecule has 0 saturated carbocycles. The zero-order valence-electron chi connectivity index (χ0n) is 9.64. The molecule has 0 atom stereocenters. The molecule has 0 fully saturated rings. The summed E-state index contributed by atoms with van der Waals surface area (Å²) in [5, 5.41) is 12.0. The molecule has 1 aromatic heterocycles. The molecule has 2 N–H and O–H groups in total. The van der Waals surface area contributed by atoms with Gasteiger partial charge in [-0.15, -0.1) is 0 Å². The maximum atomic E-state index is 10.9. The molecule has 0 aliphatic heterocycles. The molecule has 5 heteroatoms. The van der Waals surface area contributed by atoms with E-state index in [9.17, 15) is 4.79 Å². The van der Waals surface area contributed by atoms with Crippen LogP contribution in [0.2, 0.25) is 0 Å². The van der Waals surface area contributed by atoms with Crippen LogP contribution in [0.3, 0.4) is 0 Å². The lowest BCUT2D eigenvalue weighted by Gasteiger charge is -2.09. The monoisotopic (exact) mass is 306 g/mol. The van der Waals surface area contributed by atoms with Gasteiger partial charge in [0.05, 0.1) is 5.56 Å². The highest BCUT2D eigenvalue weighted by Gasteiger charge is 2.05. The van der Waals surface area contributed by atoms with Gasteiger partial charge in [0, 0.05) is 16.4 Å². The Bertz CT molecular complexity index is 599. The van der Waals surface area contributed by atoms with Crippen molar-refractivity contribution < 1.29 is 9.90 Å². The van der Waals surface area contributed by atoms with Crippen molar-refractivity contribution in [1.82, 2.24) is 4.98 Å². The van der Waals surface area contributed by atoms with Gasteiger partial charge in [-0.25, -0.2) is 9.78 Å². The zero-order chi connectivity index (χ0) is 13.1. The summed E-state index contributed by atoms with van der Waals surface area (Å²) in [5.74, 6) is -0.451. The topological polar surface area (TPSA) is 62.2 Å². The van der Waals surface area contributed by atoms with Crippen molar-refractivity contribution in [1.29, 1.82) is 0 Å². The van der Waals surface area contributed by atoms with Gasteiger partial charge in [0.25, 0.3) is 0 Å². The summed E-state index contributed by atoms with van der Waals surface area (Å²) < 4.78 is 0.998. The normalized spacial score (nSPS) is 10.1. The molecular formula is C13H11BrN2O2. The van der Waals surface area contributed by atoms with Crippen LogP contribution in [-0.2, 0) is 0 Å². The number of hydrogen-bond donors (Lipinski definition) is 2. The van der Waals surface area contributed by atoms with E-state index in [-0.39, 0.29) is 5.56 Å². The molecule has 2 aromatic rings. The van der Waals surface area contributed by atoms with E-state index in [2.05, 4.69) is 26.2 Å². The quantitative estimate of drug-likeness (QED) is 0.909. The number of benzene rings is 1. The minimum Gasteiger partial charge on any atom is -0.478 e. The molecule has 0 saturated heterocycles. The first-order valence-electron chi connectivity index (χ1n) is 5.29. The summed E-state index contributed by atoms with van der Waals surface area (Å²) in [4.78, 5) is 14.9. The van der Waals surface area contributed by atoms with E-state index in [4.69, 9.17) is 5.11 Å². The van der Waals surface area contributed by atoms with Gasteiger partial charge in [-0.2, -0.15) is 0 Å². The first-order valence-corrected chi connectivity index (χ1v) is 6.08. The van der Waals surface area contributed by atoms with Crippen LogP contribution in [-0.4, -0.2) is 16.1 Å². The average molecular weight is 307 g/mol. The van der Waals surface area contributed by atoms with Crippen molar-refractivity contribution in [3.8, 4) is 0 Å². The molecule has 2 rings (SSSR count). The number of hydrogen-bond acceptors (Lipinski definition) is 3. The number of carboxylic acid groups (broad SMARTS) is 1. The van der Waals surface area contributed by atoms with E-state index >= 15 is 0 Å². The third-order valence-electron chi connectivity index (χ3n) is 2.46. The maximum Gasteiger partial charge on any atom is 0.335 e. The number of halogens is 1. The van der Waals surface area contributed by atoms with Crippen molar-refractivity contribution in [2.75, 3.05) is 5.32 Å². The van der Waals surface area contributed by atoms with Gasteiger partial charge in [0.1, 0.15) is 5.82 Å². The van der Waals surface area contributed by atoms with Gasteiger partial charge in [-0.05, 0) is 42.8 Å². The number of nitrogens with zero attached hydrogens (tertiary/aromatic N) is 1. The lowest BCUT2D eigenvalue weighted by Crippen LogP contribution is -2.00. The van der Waals surface area contributed by atoms with Gasteiger partial charge in [-0.3, -0.25) is 0 Å². The Morgan fingerprint density at radius 1 is 1.33 bits per heavy atom. The second kappa shape index (κ2) is 5.18. The number of anilines is 2. The van der Waals surface area contributed by atoms with Crippen LogP contribution in [0.4, 0.5) is 11.5 Å². The molecule has 0 amide bonds. The van der Waals surface area contributed by atoms with Crippen LogP contribution < -0.4 is 5.32 Å². The predicted octanol–water partition coefficient (Wildman–Crippen LogP) is 3.59. The summed E-state index contributed by atoms with van der Waals surface area (Å²) in [5.41, 5.74) is 2.16. The van der Waals surface area contributed by atoms with Gasteiger partial charge in [0.2, 0.25) is 0 Å². The number of aromatic carboxylic acids is 1. The Labute approximate surface area is 113 Å². The van der Waals surface area contributed by atoms with E-state index in [0.29, 0.717) is 5.82 Å². The minimum absolute atomic E-state index is 0.210. The molecule has 0 aliphatic carbocycles. The Hall–Kier alpha value is -1.88. The molecule has 0 radical (unpaired) electrons. The lowest BCUT2D eigenvalue weighted by atomic mass is 10.2. The lowest BCUT2D eigenvalue weighted by molar-refractivity contribution is 0.0697. The fourth-order valence-corrected chi connectivity index (χ4v) is 2.01. The minimum atomic E-state index is -0.965. The van der Waals surface area contributed by atoms with E-state index in [1.807, 2.05) is 25.1 Å². The molecule has 92 valence electrons. The molecule has 18 heavy (non-hydrogen) atoms. The highest BCUT2D eigenvalue weighted by molar-refractivity contribution is 9.10. The summed E-state index contributed by atoms with van der Waals surface area (Å²) in [6.07, 6.45) is 1.47. The predicted molar refractivity (Wildman–Crippen MR) is 73.4 cm³/mol. The summed E-state index contributed by atoms with van der Waals surface area (Å²) in [7, 11) is 0. The first kappa shape index (κ1) is 12.6. The smallest absolute Gasteiger partial charge is 0.335 e. The molecule has 0 unspecified atom stereocenters. The van der Waals surface area contributed by atoms with E-state index < -0.39 is 5.97 Å². The number of carboxylic acids is 1. The number of aryl methyl sites for hydroxylation is 1. The summed E-state index contributed by atoms with van der Waals surface area (Å²) >= 11 is 3.39. The van der Waals surface area contributed by atoms with Crippen LogP contribution >= 0.6 is 15.9 Å². The van der Waals surface area contributed by atoms with Crippen molar-refractivity contribution in [3.05, 3.63) is 52.1 Å². The average Bonchev–Trinajstić information content (AvgIpc) is 2.33. The second-order valence-electron chi connectivity index (χ2n) is 3.82. The molecule has 4 nitrogen and oxygen atoms in total. The number of carbonyl (C=O) groups is 1. The Morgan fingerprint density at radius 2 is 2.11 bits per heavy atom. The van der Waals surface area contributed by atoms with E-state index in [0.717, 1.165) is 15.7 Å². The second-order valence-corrected chi connectivity index (χ2v) is 4.73. The van der Waals surface area contributed by atoms with Crippen LogP contribution in [0.1, 0.15) is 15.9 Å². The van der Waals surface area contributed by atoms with Crippen LogP contribution in [0.25, 0.3) is 0 Å². The summed E-state index contributed by atoms with van der Waals surface area (Å²) in [6, 6.07) is 8.76. The maximum absolute atomic E-state index is 10.9. The molecule has 1 heterocycles. The Morgan fingerprint density at radius 3 is 2.78 bits per heavy atom. The van der Waals surface area contributed by atoms with Crippen LogP contribution in [0.5, 0.6) is 0 Å². The molecule has 0 bridgehead atoms. The third kappa shape index (κ3) is 2.87. The number of pyridine rings is 1. The van der Waals surface area contributed by atoms with Crippen molar-refractivity contribution in [2.24, 2.45) is 0 Å². The third-order valence-corrected chi connectivity index (χ3v) is 2.95. The van der Waals surface area contributed by atoms with Gasteiger partial charge < -0.3 is 10.4 Å². The van der Waals surface area contributed by atoms with Crippen molar-refractivity contribution in [3.63, 3.8) is 0 Å². The largest absolute Gasteiger partial charge is 0.478 e. The fourth-order valence-electron chi connectivity index (χ4n) is 1.54. The van der Waals surface area contributed by atoms with Gasteiger partial charge in [-0.1, -0.05) is 15.9 Å². The van der Waals surface area contributed by atoms with Crippen LogP contribution in [0.15, 0.2) is 41.0 Å². The van der Waals surface area contributed by atoms with E-state index in [1.165, 1.54) is 18.3 Å². The SMILES string of the molecule is Cc1cc(Br)ccc1Nc1cc(C(=O)O)ccn1. The number of rotatable bonds is 3. The standard InChI is InChI=1S/C13H11BrN2O2/c1-8-6-10(14)2-3-11(8)16-12-7-9(13(17)18)4-5-15-12/h2-7H,1H3,(H,15,16)(H,17,18). The Kier molecular flexibility index (Phi) is 3.62. The summed E-state index contributed by atoms with van der Waals surface area (Å²) in [6.45, 7) is 1.97. The Balaban J connectivity index is 2.28. The van der Waals surface area contributed by atoms with Crippen LogP contribution in [0, 0.1) is 6.92 Å². The van der Waals surface area contributed by atoms with Gasteiger partial charge >= 0.3 is 5.97 Å². The molecular weight excluding hydrogens is 296 g/mol.